The molecule has 0 aliphatic carbocycles. The molecule has 0 radical (unpaired) electrons. The van der Waals surface area contributed by atoms with E-state index in [9.17, 15) is 0 Å². The Kier molecular flexibility index (Phi) is 16.9. The van der Waals surface area contributed by atoms with Crippen LogP contribution in [0.25, 0.3) is 0 Å². The van der Waals surface area contributed by atoms with Gasteiger partial charge in [-0.1, -0.05) is 0 Å². The van der Waals surface area contributed by atoms with E-state index in [0.717, 1.165) is 0 Å². The zero-order chi connectivity index (χ0) is 60.8. The molecule has 1 heterocycles. The monoisotopic (exact) mass is 1250 g/mol. The number of nitrogens with zero attached hydrogens (tertiary/aromatic N) is 1. The average Bonchev–Trinajstić information content (AvgIpc) is 0.691. The van der Waals surface area contributed by atoms with Crippen LogP contribution in [-0.4, -0.2) is 0 Å². The fourth-order valence-corrected chi connectivity index (χ4v) is 19.4. The van der Waals surface area contributed by atoms with Gasteiger partial charge in [-0.05, 0) is 0 Å². The van der Waals surface area contributed by atoms with Crippen molar-refractivity contribution in [1.29, 1.82) is 0 Å². The molecule has 1 aliphatic rings. The van der Waals surface area contributed by atoms with Crippen molar-refractivity contribution in [2.75, 3.05) is 0 Å². The van der Waals surface area contributed by atoms with Gasteiger partial charge >= 0.3 is 525 Å². The summed E-state index contributed by atoms with van der Waals surface area (Å²) in [6.45, 7) is 0. The second-order valence-electron chi connectivity index (χ2n) is 20.0. The van der Waals surface area contributed by atoms with Gasteiger partial charge in [-0.3, -0.25) is 0 Å². The summed E-state index contributed by atoms with van der Waals surface area (Å²) in [5.41, 5.74) is 0. The Morgan fingerprint density at radius 3 is 0.567 bits per heavy atom. The molecule has 0 atom stereocenters. The molecule has 0 unspecified atom stereocenters. The molecular formula is C72H56N3O12P3. The molecule has 0 bridgehead atoms. The van der Waals surface area contributed by atoms with Crippen LogP contribution >= 0.6 is 23.7 Å². The van der Waals surface area contributed by atoms with Crippen LogP contribution in [0.1, 0.15) is 0 Å². The van der Waals surface area contributed by atoms with E-state index in [1.54, 1.807) is 146 Å². The molecule has 2 N–H and O–H groups in total. The minimum atomic E-state index is -5.85. The van der Waals surface area contributed by atoms with E-state index in [-0.39, 0.29) is 43.0 Å². The number of nitrogens with one attached hydrogen (secondary N) is 2. The molecule has 0 spiro atoms. The molecule has 0 amide bonds. The van der Waals surface area contributed by atoms with Crippen LogP contribution in [0.5, 0.6) is 103 Å². The zero-order valence-electron chi connectivity index (χ0n) is 47.9. The molecule has 0 saturated heterocycles. The van der Waals surface area contributed by atoms with Crippen LogP contribution in [0.2, 0.25) is 0 Å². The Labute approximate surface area is 521 Å². The second-order valence-corrected chi connectivity index (χ2v) is 27.0. The SMILES string of the molecule is c1ccc(Oc2ccc(OP3(Oc4ccc(Oc5ccccc5)cc4)(Oc4ccc(Oc5ccccc5)cc4)N=PNP(Oc4ccc(Oc5ccccc5)cc4)(Oc4ccc(Oc5ccccc5)cc4)(Oc4ccc(Oc5ccccc5)cc4)N3)cc2)cc1. The predicted octanol–water partition coefficient (Wildman–Crippen LogP) is 21.7. The fraction of sp³-hybridized carbons (Fsp3) is 0. The number of ether oxygens (including phenoxy) is 6. The molecular weight excluding hydrogens is 1190 g/mol. The Bertz CT molecular complexity index is 3870. The van der Waals surface area contributed by atoms with Gasteiger partial charge in [0.25, 0.3) is 0 Å². The minimum absolute atomic E-state index is 0.0212. The summed E-state index contributed by atoms with van der Waals surface area (Å²) in [6, 6.07) is 98.7. The Hall–Kier alpha value is -10.9. The zero-order valence-corrected chi connectivity index (χ0v) is 50.5. The fourth-order valence-electron chi connectivity index (χ4n) is 9.15. The van der Waals surface area contributed by atoms with Crippen molar-refractivity contribution >= 4 is 23.7 Å². The molecule has 18 heteroatoms. The van der Waals surface area contributed by atoms with Crippen LogP contribution in [0, 0.1) is 0 Å². The van der Waals surface area contributed by atoms with Crippen LogP contribution in [0.3, 0.4) is 0 Å². The Morgan fingerprint density at radius 2 is 0.367 bits per heavy atom. The summed E-state index contributed by atoms with van der Waals surface area (Å²) < 4.78 is 88.3. The van der Waals surface area contributed by atoms with Gasteiger partial charge in [0.2, 0.25) is 0 Å². The maximum atomic E-state index is 7.56. The average molecular weight is 1250 g/mol. The van der Waals surface area contributed by atoms with Crippen molar-refractivity contribution in [2.45, 2.75) is 0 Å². The van der Waals surface area contributed by atoms with Crippen LogP contribution in [0.4, 0.5) is 0 Å². The maximum absolute atomic E-state index is 7.56. The van der Waals surface area contributed by atoms with Crippen LogP contribution in [0.15, 0.2) is 332 Å². The number of hydrogen-bond acceptors (Lipinski definition) is 15. The summed E-state index contributed by atoms with van der Waals surface area (Å²) in [5, 5.41) is 0. The summed E-state index contributed by atoms with van der Waals surface area (Å²) >= 11 is 0. The van der Waals surface area contributed by atoms with Crippen molar-refractivity contribution < 1.29 is 55.6 Å². The van der Waals surface area contributed by atoms with E-state index in [4.69, 9.17) is 60.1 Å². The second kappa shape index (κ2) is 26.2. The van der Waals surface area contributed by atoms with Gasteiger partial charge in [0.1, 0.15) is 0 Å². The molecule has 0 fully saturated rings. The summed E-state index contributed by atoms with van der Waals surface area (Å²) in [4.78, 5) is 7.18. The number of rotatable bonds is 24. The molecule has 0 saturated carbocycles. The van der Waals surface area contributed by atoms with E-state index in [1.165, 1.54) is 0 Å². The van der Waals surface area contributed by atoms with Crippen molar-refractivity contribution in [2.24, 2.45) is 4.52 Å². The van der Waals surface area contributed by atoms with Gasteiger partial charge < -0.3 is 0 Å². The standard InChI is InChI=1S/C72H56N3O12P3/c1-7-19-55(20-8-1)76-61-31-43-67(44-32-61)82-89(83-68-45-33-62(34-46-68)77-56-21-9-2-10-22-56,84-69-47-35-63(36-48-69)78-57-23-11-3-12-24-57)73-88-74-90(75-89,85-70-49-37-64(38-50-70)79-58-25-13-4-14-26-58,86-71-51-39-65(40-52-71)80-59-27-15-5-16-28-59)87-72-53-41-66(42-54-72)81-60-29-17-6-18-30-60/h1-54,75H,(H,73,74). The first-order valence-corrected chi connectivity index (χ1v) is 33.2. The number of hydrogen-bond donors (Lipinski definition) is 2. The van der Waals surface area contributed by atoms with Crippen LogP contribution in [-0.2, 0) is 0 Å². The molecule has 90 heavy (non-hydrogen) atoms. The molecule has 12 aromatic carbocycles. The summed E-state index contributed by atoms with van der Waals surface area (Å²) in [7, 11) is -11.6. The molecule has 1 aliphatic heterocycles. The van der Waals surface area contributed by atoms with E-state index in [0.29, 0.717) is 69.0 Å². The van der Waals surface area contributed by atoms with Gasteiger partial charge in [0.05, 0.1) is 0 Å². The van der Waals surface area contributed by atoms with E-state index in [1.807, 2.05) is 182 Å². The van der Waals surface area contributed by atoms with Gasteiger partial charge in [-0.25, -0.2) is 0 Å². The van der Waals surface area contributed by atoms with Crippen LogP contribution < -0.4 is 65.3 Å². The first kappa shape index (κ1) is 58.2. The summed E-state index contributed by atoms with van der Waals surface area (Å²) in [5.74, 6) is 8.31. The normalized spacial score (nSPS) is 15.0. The third-order valence-corrected chi connectivity index (χ3v) is 22.5. The molecule has 0 aromatic heterocycles. The van der Waals surface area contributed by atoms with E-state index < -0.39 is 15.2 Å². The van der Waals surface area contributed by atoms with Crippen molar-refractivity contribution in [3.8, 4) is 103 Å². The van der Waals surface area contributed by atoms with Gasteiger partial charge in [-0.2, -0.15) is 0 Å². The first-order valence-electron chi connectivity index (χ1n) is 28.5. The predicted molar refractivity (Wildman–Crippen MR) is 351 cm³/mol. The Morgan fingerprint density at radius 1 is 0.200 bits per heavy atom. The topological polar surface area (TPSA) is 147 Å². The third-order valence-electron chi connectivity index (χ3n) is 13.2. The third kappa shape index (κ3) is 14.6. The van der Waals surface area contributed by atoms with E-state index >= 15 is 0 Å². The number of para-hydroxylation sites is 6. The van der Waals surface area contributed by atoms with Crippen molar-refractivity contribution in [1.82, 2.24) is 9.72 Å². The summed E-state index contributed by atoms with van der Waals surface area (Å²) in [6.07, 6.45) is 0. The van der Waals surface area contributed by atoms with Gasteiger partial charge in [0.15, 0.2) is 0 Å². The first-order chi connectivity index (χ1) is 44.2. The molecule has 12 aromatic rings. The van der Waals surface area contributed by atoms with E-state index in [2.05, 4.69) is 9.72 Å². The van der Waals surface area contributed by atoms with Crippen molar-refractivity contribution in [3.63, 3.8) is 0 Å². The number of benzene rings is 12. The van der Waals surface area contributed by atoms with Crippen molar-refractivity contribution in [3.05, 3.63) is 328 Å². The molecule has 13 rings (SSSR count). The van der Waals surface area contributed by atoms with Gasteiger partial charge in [-0.15, -0.1) is 0 Å². The quantitative estimate of drug-likeness (QED) is 0.0553. The van der Waals surface area contributed by atoms with Gasteiger partial charge in [0, 0.05) is 0 Å². The molecule has 15 nitrogen and oxygen atoms in total. The molecule has 446 valence electrons. The Balaban J connectivity index is 0.999.